The van der Waals surface area contributed by atoms with Crippen LogP contribution in [0.25, 0.3) is 0 Å². The maximum Gasteiger partial charge on any atom is 0.0625 e. The number of anilines is 2. The van der Waals surface area contributed by atoms with Crippen molar-refractivity contribution >= 4 is 23.0 Å². The maximum atomic E-state index is 6.42. The van der Waals surface area contributed by atoms with E-state index in [-0.39, 0.29) is 0 Å². The minimum Gasteiger partial charge on any atom is -0.383 e. The van der Waals surface area contributed by atoms with Gasteiger partial charge in [-0.25, -0.2) is 0 Å². The first-order valence-corrected chi connectivity index (χ1v) is 9.42. The van der Waals surface area contributed by atoms with Gasteiger partial charge < -0.3 is 10.2 Å². The molecule has 2 nitrogen and oxygen atoms in total. The average Bonchev–Trinajstić information content (AvgIpc) is 2.65. The monoisotopic (exact) mass is 364 g/mol. The zero-order chi connectivity index (χ0) is 18.4. The first-order chi connectivity index (χ1) is 12.7. The fourth-order valence-corrected chi connectivity index (χ4v) is 3.48. The van der Waals surface area contributed by atoms with E-state index in [1.807, 2.05) is 6.07 Å². The molecule has 3 aromatic carbocycles. The van der Waals surface area contributed by atoms with Gasteiger partial charge in [0.1, 0.15) is 0 Å². The van der Waals surface area contributed by atoms with Gasteiger partial charge in [0.15, 0.2) is 0 Å². The zero-order valence-electron chi connectivity index (χ0n) is 15.4. The lowest BCUT2D eigenvalue weighted by Crippen LogP contribution is -2.23. The summed E-state index contributed by atoms with van der Waals surface area (Å²) in [6.07, 6.45) is 0. The van der Waals surface area contributed by atoms with Crippen LogP contribution in [0.2, 0.25) is 5.02 Å². The molecule has 3 aromatic rings. The number of nitrogens with one attached hydrogen (secondary N) is 1. The van der Waals surface area contributed by atoms with Crippen LogP contribution in [-0.4, -0.2) is 6.54 Å². The van der Waals surface area contributed by atoms with Crippen LogP contribution in [0.4, 0.5) is 11.4 Å². The van der Waals surface area contributed by atoms with Crippen molar-refractivity contribution in [3.63, 3.8) is 0 Å². The summed E-state index contributed by atoms with van der Waals surface area (Å²) in [5.41, 5.74) is 6.03. The predicted molar refractivity (Wildman–Crippen MR) is 113 cm³/mol. The summed E-state index contributed by atoms with van der Waals surface area (Å²) in [5.74, 6) is 0. The number of benzene rings is 3. The SMILES string of the molecule is CCNc1c(C)cc(Cl)cc1N(Cc1ccccc1)Cc1ccccc1. The molecule has 0 atom stereocenters. The predicted octanol–water partition coefficient (Wildman–Crippen LogP) is 6.29. The second kappa shape index (κ2) is 8.77. The van der Waals surface area contributed by atoms with E-state index in [2.05, 4.69) is 90.8 Å². The molecule has 26 heavy (non-hydrogen) atoms. The molecular formula is C23H25ClN2. The maximum absolute atomic E-state index is 6.42. The van der Waals surface area contributed by atoms with Crippen LogP contribution in [0, 0.1) is 6.92 Å². The van der Waals surface area contributed by atoms with Crippen LogP contribution >= 0.6 is 11.6 Å². The zero-order valence-corrected chi connectivity index (χ0v) is 16.1. The first-order valence-electron chi connectivity index (χ1n) is 9.04. The van der Waals surface area contributed by atoms with Gasteiger partial charge in [0.2, 0.25) is 0 Å². The molecular weight excluding hydrogens is 340 g/mol. The van der Waals surface area contributed by atoms with Crippen molar-refractivity contribution in [2.45, 2.75) is 26.9 Å². The Bertz CT molecular complexity index is 790. The Morgan fingerprint density at radius 3 is 1.88 bits per heavy atom. The fraction of sp³-hybridized carbons (Fsp3) is 0.217. The van der Waals surface area contributed by atoms with E-state index in [9.17, 15) is 0 Å². The van der Waals surface area contributed by atoms with Gasteiger partial charge in [-0.05, 0) is 42.7 Å². The summed E-state index contributed by atoms with van der Waals surface area (Å²) in [4.78, 5) is 2.39. The molecule has 134 valence electrons. The Balaban J connectivity index is 2.02. The van der Waals surface area contributed by atoms with E-state index in [1.165, 1.54) is 16.7 Å². The van der Waals surface area contributed by atoms with E-state index in [0.717, 1.165) is 36.0 Å². The first kappa shape index (κ1) is 18.3. The topological polar surface area (TPSA) is 15.3 Å². The summed E-state index contributed by atoms with van der Waals surface area (Å²) in [6, 6.07) is 25.2. The third-order valence-corrected chi connectivity index (χ3v) is 4.62. The van der Waals surface area contributed by atoms with Gasteiger partial charge in [-0.3, -0.25) is 0 Å². The van der Waals surface area contributed by atoms with Crippen molar-refractivity contribution < 1.29 is 0 Å². The molecule has 0 saturated carbocycles. The van der Waals surface area contributed by atoms with Gasteiger partial charge in [0.05, 0.1) is 11.4 Å². The van der Waals surface area contributed by atoms with Crippen molar-refractivity contribution in [1.82, 2.24) is 0 Å². The quantitative estimate of drug-likeness (QED) is 0.530. The Morgan fingerprint density at radius 1 is 0.846 bits per heavy atom. The Hall–Kier alpha value is -2.45. The lowest BCUT2D eigenvalue weighted by Gasteiger charge is -2.29. The minimum absolute atomic E-state index is 0.769. The highest BCUT2D eigenvalue weighted by Gasteiger charge is 2.15. The van der Waals surface area contributed by atoms with E-state index in [0.29, 0.717) is 0 Å². The number of hydrogen-bond acceptors (Lipinski definition) is 2. The molecule has 0 aliphatic carbocycles. The Morgan fingerprint density at radius 2 is 1.38 bits per heavy atom. The van der Waals surface area contributed by atoms with E-state index in [4.69, 9.17) is 11.6 Å². The summed E-state index contributed by atoms with van der Waals surface area (Å²) >= 11 is 6.42. The molecule has 3 rings (SSSR count). The Labute approximate surface area is 161 Å². The van der Waals surface area contributed by atoms with E-state index in [1.54, 1.807) is 0 Å². The van der Waals surface area contributed by atoms with Crippen LogP contribution in [0.1, 0.15) is 23.6 Å². The third kappa shape index (κ3) is 4.59. The molecule has 0 aliphatic rings. The van der Waals surface area contributed by atoms with Crippen molar-refractivity contribution in [1.29, 1.82) is 0 Å². The molecule has 1 N–H and O–H groups in total. The lowest BCUT2D eigenvalue weighted by atomic mass is 10.1. The van der Waals surface area contributed by atoms with Crippen LogP contribution in [-0.2, 0) is 13.1 Å². The van der Waals surface area contributed by atoms with Crippen LogP contribution in [0.3, 0.4) is 0 Å². The molecule has 0 saturated heterocycles. The highest BCUT2D eigenvalue weighted by molar-refractivity contribution is 6.31. The molecule has 0 bridgehead atoms. The van der Waals surface area contributed by atoms with Crippen LogP contribution in [0.15, 0.2) is 72.8 Å². The molecule has 0 heterocycles. The molecule has 0 fully saturated rings. The largest absolute Gasteiger partial charge is 0.383 e. The molecule has 0 aromatic heterocycles. The van der Waals surface area contributed by atoms with Gasteiger partial charge in [0, 0.05) is 24.7 Å². The van der Waals surface area contributed by atoms with Gasteiger partial charge in [-0.2, -0.15) is 0 Å². The molecule has 0 radical (unpaired) electrons. The molecule has 0 amide bonds. The van der Waals surface area contributed by atoms with Crippen molar-refractivity contribution in [3.8, 4) is 0 Å². The normalized spacial score (nSPS) is 10.6. The summed E-state index contributed by atoms with van der Waals surface area (Å²) < 4.78 is 0. The molecule has 3 heteroatoms. The van der Waals surface area contributed by atoms with Crippen LogP contribution < -0.4 is 10.2 Å². The minimum atomic E-state index is 0.769. The highest BCUT2D eigenvalue weighted by Crippen LogP contribution is 2.35. The fourth-order valence-electron chi connectivity index (χ4n) is 3.22. The van der Waals surface area contributed by atoms with E-state index >= 15 is 0 Å². The number of rotatable bonds is 7. The third-order valence-electron chi connectivity index (χ3n) is 4.41. The summed E-state index contributed by atoms with van der Waals surface area (Å²) in [5, 5.41) is 4.29. The summed E-state index contributed by atoms with van der Waals surface area (Å²) in [7, 11) is 0. The number of hydrogen-bond donors (Lipinski definition) is 1. The number of nitrogens with zero attached hydrogens (tertiary/aromatic N) is 1. The second-order valence-corrected chi connectivity index (χ2v) is 6.91. The molecule has 0 aliphatic heterocycles. The highest BCUT2D eigenvalue weighted by atomic mass is 35.5. The van der Waals surface area contributed by atoms with Crippen LogP contribution in [0.5, 0.6) is 0 Å². The van der Waals surface area contributed by atoms with Crippen molar-refractivity contribution in [2.75, 3.05) is 16.8 Å². The van der Waals surface area contributed by atoms with E-state index < -0.39 is 0 Å². The molecule has 0 unspecified atom stereocenters. The smallest absolute Gasteiger partial charge is 0.0625 e. The van der Waals surface area contributed by atoms with Gasteiger partial charge in [-0.15, -0.1) is 0 Å². The second-order valence-electron chi connectivity index (χ2n) is 6.47. The average molecular weight is 365 g/mol. The Kier molecular flexibility index (Phi) is 6.19. The molecule has 0 spiro atoms. The van der Waals surface area contributed by atoms with Crippen molar-refractivity contribution in [2.24, 2.45) is 0 Å². The number of aryl methyl sites for hydroxylation is 1. The summed E-state index contributed by atoms with van der Waals surface area (Å²) in [6.45, 7) is 6.76. The van der Waals surface area contributed by atoms with Crippen molar-refractivity contribution in [3.05, 3.63) is 94.5 Å². The van der Waals surface area contributed by atoms with Gasteiger partial charge in [0.25, 0.3) is 0 Å². The standard InChI is InChI=1S/C23H25ClN2/c1-3-25-23-18(2)14-21(24)15-22(23)26(16-19-10-6-4-7-11-19)17-20-12-8-5-9-13-20/h4-15,25H,3,16-17H2,1-2H3. The number of halogens is 1. The van der Waals surface area contributed by atoms with Gasteiger partial charge >= 0.3 is 0 Å². The van der Waals surface area contributed by atoms with Gasteiger partial charge in [-0.1, -0.05) is 72.3 Å². The lowest BCUT2D eigenvalue weighted by molar-refractivity contribution is 0.800.